The molecule has 4 heteroatoms. The number of nitrogens with two attached hydrogens (primary N) is 1. The first-order valence-corrected chi connectivity index (χ1v) is 6.50. The van der Waals surface area contributed by atoms with E-state index in [1.807, 2.05) is 0 Å². The molecule has 2 aliphatic rings. The third kappa shape index (κ3) is 1.65. The summed E-state index contributed by atoms with van der Waals surface area (Å²) in [5, 5.41) is 7.46. The summed E-state index contributed by atoms with van der Waals surface area (Å²) in [5.74, 6) is 2.53. The van der Waals surface area contributed by atoms with Crippen LogP contribution >= 0.6 is 0 Å². The van der Waals surface area contributed by atoms with Gasteiger partial charge in [-0.25, -0.2) is 4.98 Å². The lowest BCUT2D eigenvalue weighted by molar-refractivity contribution is 0.432. The minimum atomic E-state index is -0.243. The maximum Gasteiger partial charge on any atom is 0.170 e. The van der Waals surface area contributed by atoms with Crippen LogP contribution in [-0.2, 0) is 5.54 Å². The van der Waals surface area contributed by atoms with Crippen molar-refractivity contribution in [2.45, 2.75) is 62.8 Å². The Morgan fingerprint density at radius 1 is 1.12 bits per heavy atom. The quantitative estimate of drug-likeness (QED) is 0.802. The van der Waals surface area contributed by atoms with Crippen LogP contribution < -0.4 is 5.73 Å². The molecule has 4 nitrogen and oxygen atoms in total. The van der Waals surface area contributed by atoms with Gasteiger partial charge in [0.05, 0.1) is 5.54 Å². The number of hydrogen-bond acceptors (Lipinski definition) is 3. The van der Waals surface area contributed by atoms with Crippen molar-refractivity contribution in [3.63, 3.8) is 0 Å². The molecule has 0 bridgehead atoms. The van der Waals surface area contributed by atoms with Crippen molar-refractivity contribution < 1.29 is 0 Å². The van der Waals surface area contributed by atoms with E-state index in [4.69, 9.17) is 5.73 Å². The van der Waals surface area contributed by atoms with Gasteiger partial charge in [0.15, 0.2) is 5.82 Å². The van der Waals surface area contributed by atoms with Crippen molar-refractivity contribution in [1.29, 1.82) is 0 Å². The standard InChI is InChI=1S/C12H20N4/c13-12(7-3-4-8-12)11-14-10(15-16-11)9-5-1-2-6-9/h9H,1-8,13H2,(H,14,15,16). The van der Waals surface area contributed by atoms with Gasteiger partial charge in [-0.3, -0.25) is 5.10 Å². The zero-order valence-corrected chi connectivity index (χ0v) is 9.71. The van der Waals surface area contributed by atoms with Crippen molar-refractivity contribution in [2.24, 2.45) is 5.73 Å². The first kappa shape index (κ1) is 10.3. The van der Waals surface area contributed by atoms with Gasteiger partial charge in [0.1, 0.15) is 5.82 Å². The number of hydrogen-bond donors (Lipinski definition) is 2. The largest absolute Gasteiger partial charge is 0.319 e. The minimum Gasteiger partial charge on any atom is -0.319 e. The summed E-state index contributed by atoms with van der Waals surface area (Å²) in [5.41, 5.74) is 6.10. The van der Waals surface area contributed by atoms with Gasteiger partial charge in [-0.2, -0.15) is 5.10 Å². The maximum absolute atomic E-state index is 6.35. The van der Waals surface area contributed by atoms with Crippen LogP contribution in [0.3, 0.4) is 0 Å². The number of aromatic nitrogens is 3. The maximum atomic E-state index is 6.35. The zero-order valence-electron chi connectivity index (χ0n) is 9.71. The predicted molar refractivity (Wildman–Crippen MR) is 61.9 cm³/mol. The van der Waals surface area contributed by atoms with Gasteiger partial charge >= 0.3 is 0 Å². The molecule has 3 N–H and O–H groups in total. The fourth-order valence-electron chi connectivity index (χ4n) is 3.11. The summed E-state index contributed by atoms with van der Waals surface area (Å²) in [6.07, 6.45) is 9.67. The summed E-state index contributed by atoms with van der Waals surface area (Å²) in [6, 6.07) is 0. The topological polar surface area (TPSA) is 67.6 Å². The van der Waals surface area contributed by atoms with Crippen LogP contribution in [0.4, 0.5) is 0 Å². The molecule has 3 rings (SSSR count). The van der Waals surface area contributed by atoms with Crippen molar-refractivity contribution in [3.8, 4) is 0 Å². The van der Waals surface area contributed by atoms with E-state index < -0.39 is 0 Å². The summed E-state index contributed by atoms with van der Waals surface area (Å²) in [4.78, 5) is 4.65. The van der Waals surface area contributed by atoms with E-state index in [-0.39, 0.29) is 5.54 Å². The third-order valence-electron chi connectivity index (χ3n) is 4.19. The molecule has 2 aliphatic carbocycles. The Hall–Kier alpha value is -0.900. The predicted octanol–water partition coefficient (Wildman–Crippen LogP) is 2.19. The fraction of sp³-hybridized carbons (Fsp3) is 0.833. The van der Waals surface area contributed by atoms with E-state index in [2.05, 4.69) is 15.2 Å². The normalized spacial score (nSPS) is 25.3. The van der Waals surface area contributed by atoms with Gasteiger partial charge in [0.2, 0.25) is 0 Å². The van der Waals surface area contributed by atoms with Gasteiger partial charge in [-0.05, 0) is 25.7 Å². The van der Waals surface area contributed by atoms with Crippen molar-refractivity contribution >= 4 is 0 Å². The molecule has 1 heterocycles. The molecular weight excluding hydrogens is 200 g/mol. The minimum absolute atomic E-state index is 0.243. The molecule has 2 saturated carbocycles. The molecule has 0 aromatic carbocycles. The summed E-state index contributed by atoms with van der Waals surface area (Å²) < 4.78 is 0. The van der Waals surface area contributed by atoms with Gasteiger partial charge in [0, 0.05) is 5.92 Å². The van der Waals surface area contributed by atoms with E-state index >= 15 is 0 Å². The Morgan fingerprint density at radius 2 is 1.81 bits per heavy atom. The molecular formula is C12H20N4. The molecule has 0 unspecified atom stereocenters. The Balaban J connectivity index is 1.81. The molecule has 16 heavy (non-hydrogen) atoms. The van der Waals surface area contributed by atoms with Gasteiger partial charge in [-0.15, -0.1) is 0 Å². The van der Waals surface area contributed by atoms with E-state index in [0.29, 0.717) is 5.92 Å². The lowest BCUT2D eigenvalue weighted by Crippen LogP contribution is -2.34. The number of rotatable bonds is 2. The molecule has 1 aromatic rings. The Bertz CT molecular complexity index is 359. The molecule has 1 aromatic heterocycles. The zero-order chi connectivity index (χ0) is 11.0. The highest BCUT2D eigenvalue weighted by Crippen LogP contribution is 2.36. The second-order valence-electron chi connectivity index (χ2n) is 5.39. The first-order valence-electron chi connectivity index (χ1n) is 6.50. The van der Waals surface area contributed by atoms with E-state index in [0.717, 1.165) is 24.5 Å². The molecule has 0 spiro atoms. The summed E-state index contributed by atoms with van der Waals surface area (Å²) >= 11 is 0. The summed E-state index contributed by atoms with van der Waals surface area (Å²) in [7, 11) is 0. The van der Waals surface area contributed by atoms with E-state index in [9.17, 15) is 0 Å². The molecule has 0 saturated heterocycles. The Morgan fingerprint density at radius 3 is 2.50 bits per heavy atom. The number of aromatic amines is 1. The van der Waals surface area contributed by atoms with Crippen molar-refractivity contribution in [1.82, 2.24) is 15.2 Å². The van der Waals surface area contributed by atoms with Crippen LogP contribution in [-0.4, -0.2) is 15.2 Å². The lowest BCUT2D eigenvalue weighted by atomic mass is 9.98. The van der Waals surface area contributed by atoms with Gasteiger partial charge in [-0.1, -0.05) is 25.7 Å². The average Bonchev–Trinajstić information content (AvgIpc) is 2.98. The Kier molecular flexibility index (Phi) is 2.46. The van der Waals surface area contributed by atoms with Crippen LogP contribution in [0, 0.1) is 0 Å². The van der Waals surface area contributed by atoms with E-state index in [1.165, 1.54) is 38.5 Å². The van der Waals surface area contributed by atoms with E-state index in [1.54, 1.807) is 0 Å². The van der Waals surface area contributed by atoms with Crippen LogP contribution in [0.5, 0.6) is 0 Å². The molecule has 0 atom stereocenters. The monoisotopic (exact) mass is 220 g/mol. The van der Waals surface area contributed by atoms with Gasteiger partial charge in [0.25, 0.3) is 0 Å². The smallest absolute Gasteiger partial charge is 0.170 e. The number of H-pyrrole nitrogens is 1. The highest BCUT2D eigenvalue weighted by atomic mass is 15.2. The lowest BCUT2D eigenvalue weighted by Gasteiger charge is -2.18. The second kappa shape index (κ2) is 3.84. The van der Waals surface area contributed by atoms with Crippen molar-refractivity contribution in [3.05, 3.63) is 11.6 Å². The van der Waals surface area contributed by atoms with Crippen LogP contribution in [0.15, 0.2) is 0 Å². The van der Waals surface area contributed by atoms with Crippen LogP contribution in [0.25, 0.3) is 0 Å². The average molecular weight is 220 g/mol. The molecule has 2 fully saturated rings. The highest BCUT2D eigenvalue weighted by Gasteiger charge is 2.35. The Labute approximate surface area is 96.0 Å². The highest BCUT2D eigenvalue weighted by molar-refractivity contribution is 5.10. The first-order chi connectivity index (χ1) is 7.78. The van der Waals surface area contributed by atoms with Crippen molar-refractivity contribution in [2.75, 3.05) is 0 Å². The SMILES string of the molecule is NC1(c2n[nH]c(C3CCCC3)n2)CCCC1. The number of nitrogens with zero attached hydrogens (tertiary/aromatic N) is 2. The molecule has 0 aliphatic heterocycles. The van der Waals surface area contributed by atoms with Gasteiger partial charge < -0.3 is 5.73 Å². The summed E-state index contributed by atoms with van der Waals surface area (Å²) in [6.45, 7) is 0. The molecule has 88 valence electrons. The molecule has 0 radical (unpaired) electrons. The van der Waals surface area contributed by atoms with Crippen LogP contribution in [0.1, 0.15) is 68.9 Å². The molecule has 0 amide bonds. The second-order valence-corrected chi connectivity index (χ2v) is 5.39. The van der Waals surface area contributed by atoms with Crippen LogP contribution in [0.2, 0.25) is 0 Å². The third-order valence-corrected chi connectivity index (χ3v) is 4.19. The fourth-order valence-corrected chi connectivity index (χ4v) is 3.11. The number of nitrogens with one attached hydrogen (secondary N) is 1.